The van der Waals surface area contributed by atoms with E-state index < -0.39 is 0 Å². The van der Waals surface area contributed by atoms with Crippen LogP contribution < -0.4 is 10.1 Å². The molecule has 1 aliphatic rings. The van der Waals surface area contributed by atoms with Gasteiger partial charge < -0.3 is 10.1 Å². The van der Waals surface area contributed by atoms with Gasteiger partial charge in [0.15, 0.2) is 0 Å². The predicted octanol–water partition coefficient (Wildman–Crippen LogP) is 3.00. The smallest absolute Gasteiger partial charge is 0.119 e. The van der Waals surface area contributed by atoms with Crippen LogP contribution in [0.4, 0.5) is 0 Å². The van der Waals surface area contributed by atoms with Crippen molar-refractivity contribution in [3.63, 3.8) is 0 Å². The average Bonchev–Trinajstić information content (AvgIpc) is 3.00. The number of benzene rings is 1. The van der Waals surface area contributed by atoms with Gasteiger partial charge in [-0.25, -0.2) is 0 Å². The van der Waals surface area contributed by atoms with Gasteiger partial charge >= 0.3 is 0 Å². The topological polar surface area (TPSA) is 24.5 Å². The van der Waals surface area contributed by atoms with E-state index in [1.165, 1.54) is 23.5 Å². The molecule has 1 N–H and O–H groups in total. The molecule has 3 nitrogen and oxygen atoms in total. The SMILES string of the molecule is CC(C)NCc1cccc(OCCN(C)C2CCSC2)c1. The van der Waals surface area contributed by atoms with Crippen LogP contribution >= 0.6 is 11.8 Å². The van der Waals surface area contributed by atoms with Crippen molar-refractivity contribution >= 4 is 11.8 Å². The van der Waals surface area contributed by atoms with E-state index in [2.05, 4.69) is 61.1 Å². The Morgan fingerprint density at radius 3 is 3.00 bits per heavy atom. The highest BCUT2D eigenvalue weighted by Gasteiger charge is 2.19. The molecule has 0 amide bonds. The molecule has 118 valence electrons. The Kier molecular flexibility index (Phi) is 6.87. The van der Waals surface area contributed by atoms with Gasteiger partial charge in [0.1, 0.15) is 12.4 Å². The molecule has 0 aliphatic carbocycles. The first-order valence-corrected chi connectivity index (χ1v) is 9.03. The van der Waals surface area contributed by atoms with Crippen molar-refractivity contribution in [2.45, 2.75) is 38.9 Å². The van der Waals surface area contributed by atoms with Crippen molar-refractivity contribution in [1.82, 2.24) is 10.2 Å². The Bertz CT molecular complexity index is 419. The molecular formula is C17H28N2OS. The van der Waals surface area contributed by atoms with Gasteiger partial charge in [-0.3, -0.25) is 4.90 Å². The van der Waals surface area contributed by atoms with Crippen LogP contribution in [-0.2, 0) is 6.54 Å². The highest BCUT2D eigenvalue weighted by molar-refractivity contribution is 7.99. The van der Waals surface area contributed by atoms with Crippen LogP contribution in [0.25, 0.3) is 0 Å². The molecule has 1 atom stereocenters. The fraction of sp³-hybridized carbons (Fsp3) is 0.647. The van der Waals surface area contributed by atoms with Crippen LogP contribution in [0.1, 0.15) is 25.8 Å². The molecule has 0 saturated carbocycles. The Labute approximate surface area is 133 Å². The number of thioether (sulfide) groups is 1. The van der Waals surface area contributed by atoms with Gasteiger partial charge in [-0.15, -0.1) is 0 Å². The predicted molar refractivity (Wildman–Crippen MR) is 92.3 cm³/mol. The Hall–Kier alpha value is -0.710. The number of likely N-dealkylation sites (N-methyl/N-ethyl adjacent to an activating group) is 1. The lowest BCUT2D eigenvalue weighted by molar-refractivity contribution is 0.202. The van der Waals surface area contributed by atoms with E-state index >= 15 is 0 Å². The Morgan fingerprint density at radius 1 is 1.43 bits per heavy atom. The van der Waals surface area contributed by atoms with Crippen LogP contribution in [0.15, 0.2) is 24.3 Å². The first kappa shape index (κ1) is 16.7. The van der Waals surface area contributed by atoms with Crippen LogP contribution in [0.2, 0.25) is 0 Å². The first-order valence-electron chi connectivity index (χ1n) is 7.88. The largest absolute Gasteiger partial charge is 0.492 e. The summed E-state index contributed by atoms with van der Waals surface area (Å²) in [7, 11) is 2.21. The maximum absolute atomic E-state index is 5.91. The maximum Gasteiger partial charge on any atom is 0.119 e. The molecule has 0 radical (unpaired) electrons. The van der Waals surface area contributed by atoms with Crippen LogP contribution in [0.5, 0.6) is 5.75 Å². The van der Waals surface area contributed by atoms with Crippen molar-refractivity contribution in [3.8, 4) is 5.75 Å². The summed E-state index contributed by atoms with van der Waals surface area (Å²) < 4.78 is 5.91. The fourth-order valence-electron chi connectivity index (χ4n) is 2.43. The van der Waals surface area contributed by atoms with Crippen LogP contribution in [0, 0.1) is 0 Å². The monoisotopic (exact) mass is 308 g/mol. The number of hydrogen-bond donors (Lipinski definition) is 1. The van der Waals surface area contributed by atoms with Gasteiger partial charge in [0.2, 0.25) is 0 Å². The second-order valence-electron chi connectivity index (χ2n) is 6.03. The standard InChI is InChI=1S/C17H28N2OS/c1-14(2)18-12-15-5-4-6-17(11-15)20-9-8-19(3)16-7-10-21-13-16/h4-6,11,14,16,18H,7-10,12-13H2,1-3H3. The van der Waals surface area contributed by atoms with E-state index in [1.807, 2.05) is 6.07 Å². The summed E-state index contributed by atoms with van der Waals surface area (Å²) >= 11 is 2.06. The molecule has 0 bridgehead atoms. The van der Waals surface area contributed by atoms with E-state index in [9.17, 15) is 0 Å². The molecule has 1 fully saturated rings. The summed E-state index contributed by atoms with van der Waals surface area (Å²) in [5.41, 5.74) is 1.28. The van der Waals surface area contributed by atoms with E-state index in [4.69, 9.17) is 4.74 Å². The molecule has 0 spiro atoms. The quantitative estimate of drug-likeness (QED) is 0.798. The molecule has 1 heterocycles. The highest BCUT2D eigenvalue weighted by Crippen LogP contribution is 2.21. The van der Waals surface area contributed by atoms with Crippen molar-refractivity contribution in [3.05, 3.63) is 29.8 Å². The third-order valence-electron chi connectivity index (χ3n) is 3.85. The summed E-state index contributed by atoms with van der Waals surface area (Å²) in [5, 5.41) is 3.43. The molecule has 4 heteroatoms. The Balaban J connectivity index is 1.73. The molecule has 2 rings (SSSR count). The van der Waals surface area contributed by atoms with Crippen molar-refractivity contribution in [1.29, 1.82) is 0 Å². The highest BCUT2D eigenvalue weighted by atomic mass is 32.2. The van der Waals surface area contributed by atoms with E-state index in [1.54, 1.807) is 0 Å². The zero-order valence-electron chi connectivity index (χ0n) is 13.5. The van der Waals surface area contributed by atoms with Gasteiger partial charge in [-0.05, 0) is 36.9 Å². The van der Waals surface area contributed by atoms with Crippen molar-refractivity contribution in [2.24, 2.45) is 0 Å². The number of ether oxygens (including phenoxy) is 1. The Morgan fingerprint density at radius 2 is 2.29 bits per heavy atom. The van der Waals surface area contributed by atoms with E-state index in [0.29, 0.717) is 6.04 Å². The molecule has 1 aliphatic heterocycles. The first-order chi connectivity index (χ1) is 10.1. The lowest BCUT2D eigenvalue weighted by Gasteiger charge is -2.23. The number of nitrogens with zero attached hydrogens (tertiary/aromatic N) is 1. The molecule has 21 heavy (non-hydrogen) atoms. The second kappa shape index (κ2) is 8.66. The van der Waals surface area contributed by atoms with E-state index in [-0.39, 0.29) is 0 Å². The normalized spacial score (nSPS) is 18.6. The van der Waals surface area contributed by atoms with Gasteiger partial charge in [0.05, 0.1) is 0 Å². The molecule has 0 aromatic heterocycles. The summed E-state index contributed by atoms with van der Waals surface area (Å²) in [4.78, 5) is 2.43. The molecule has 1 aromatic carbocycles. The summed E-state index contributed by atoms with van der Waals surface area (Å²) in [6.07, 6.45) is 1.32. The average molecular weight is 308 g/mol. The number of hydrogen-bond acceptors (Lipinski definition) is 4. The minimum atomic E-state index is 0.507. The third-order valence-corrected chi connectivity index (χ3v) is 5.00. The van der Waals surface area contributed by atoms with Crippen LogP contribution in [0.3, 0.4) is 0 Å². The van der Waals surface area contributed by atoms with Gasteiger partial charge in [0, 0.05) is 30.9 Å². The minimum absolute atomic E-state index is 0.507. The molecule has 1 saturated heterocycles. The molecule has 1 aromatic rings. The van der Waals surface area contributed by atoms with Gasteiger partial charge in [-0.2, -0.15) is 11.8 Å². The second-order valence-corrected chi connectivity index (χ2v) is 7.18. The number of rotatable bonds is 8. The summed E-state index contributed by atoms with van der Waals surface area (Å²) in [5.74, 6) is 3.56. The zero-order valence-corrected chi connectivity index (χ0v) is 14.3. The third kappa shape index (κ3) is 5.89. The minimum Gasteiger partial charge on any atom is -0.492 e. The lowest BCUT2D eigenvalue weighted by Crippen LogP contribution is -2.34. The molecular weight excluding hydrogens is 280 g/mol. The summed E-state index contributed by atoms with van der Waals surface area (Å²) in [6.45, 7) is 6.99. The van der Waals surface area contributed by atoms with Crippen LogP contribution in [-0.4, -0.2) is 48.7 Å². The fourth-order valence-corrected chi connectivity index (χ4v) is 3.73. The van der Waals surface area contributed by atoms with Crippen molar-refractivity contribution < 1.29 is 4.74 Å². The van der Waals surface area contributed by atoms with Gasteiger partial charge in [0.25, 0.3) is 0 Å². The van der Waals surface area contributed by atoms with Gasteiger partial charge in [-0.1, -0.05) is 26.0 Å². The zero-order chi connectivity index (χ0) is 15.1. The maximum atomic E-state index is 5.91. The molecule has 1 unspecified atom stereocenters. The number of nitrogens with one attached hydrogen (secondary N) is 1. The van der Waals surface area contributed by atoms with E-state index in [0.717, 1.165) is 31.5 Å². The summed E-state index contributed by atoms with van der Waals surface area (Å²) in [6, 6.07) is 9.65. The van der Waals surface area contributed by atoms with Crippen molar-refractivity contribution in [2.75, 3.05) is 31.7 Å². The lowest BCUT2D eigenvalue weighted by atomic mass is 10.2.